The summed E-state index contributed by atoms with van der Waals surface area (Å²) in [5.41, 5.74) is 1.79. The number of hydrogen-bond donors (Lipinski definition) is 2. The first-order valence-corrected chi connectivity index (χ1v) is 9.22. The van der Waals surface area contributed by atoms with E-state index in [2.05, 4.69) is 10.6 Å². The number of carbonyl (C=O) groups excluding carboxylic acids is 2. The predicted octanol–water partition coefficient (Wildman–Crippen LogP) is 3.05. The van der Waals surface area contributed by atoms with Crippen LogP contribution in [0.1, 0.15) is 18.1 Å². The number of ether oxygens (including phenoxy) is 2. The molecule has 0 bridgehead atoms. The minimum Gasteiger partial charge on any atom is -0.497 e. The number of amides is 2. The van der Waals surface area contributed by atoms with E-state index in [1.807, 2.05) is 55.5 Å². The van der Waals surface area contributed by atoms with Crippen LogP contribution in [0.15, 0.2) is 60.7 Å². The summed E-state index contributed by atoms with van der Waals surface area (Å²) in [6.07, 6.45) is 6.36. The molecule has 0 aliphatic carbocycles. The van der Waals surface area contributed by atoms with Crippen LogP contribution in [-0.2, 0) is 9.59 Å². The smallest absolute Gasteiger partial charge is 0.244 e. The van der Waals surface area contributed by atoms with Gasteiger partial charge in [0.1, 0.15) is 11.5 Å². The summed E-state index contributed by atoms with van der Waals surface area (Å²) in [7, 11) is 3.21. The summed E-state index contributed by atoms with van der Waals surface area (Å²) in [5, 5.41) is 5.58. The number of hydrogen-bond acceptors (Lipinski definition) is 4. The fourth-order valence-corrected chi connectivity index (χ4v) is 2.43. The average Bonchev–Trinajstić information content (AvgIpc) is 2.75. The Hall–Kier alpha value is -3.54. The second-order valence-corrected chi connectivity index (χ2v) is 6.37. The van der Waals surface area contributed by atoms with Gasteiger partial charge in [-0.05, 0) is 54.5 Å². The zero-order chi connectivity index (χ0) is 21.1. The largest absolute Gasteiger partial charge is 0.497 e. The molecule has 0 aliphatic rings. The third-order valence-corrected chi connectivity index (χ3v) is 4.06. The van der Waals surface area contributed by atoms with Crippen LogP contribution >= 0.6 is 0 Å². The van der Waals surface area contributed by atoms with E-state index in [1.165, 1.54) is 12.2 Å². The molecule has 0 spiro atoms. The Morgan fingerprint density at radius 2 is 1.28 bits per heavy atom. The highest BCUT2D eigenvalue weighted by atomic mass is 16.5. The lowest BCUT2D eigenvalue weighted by molar-refractivity contribution is -0.118. The Bertz CT molecular complexity index is 855. The molecular weight excluding hydrogens is 368 g/mol. The van der Waals surface area contributed by atoms with Crippen molar-refractivity contribution in [2.24, 2.45) is 0 Å². The Balaban J connectivity index is 1.73. The molecule has 2 aromatic rings. The molecule has 0 fully saturated rings. The number of benzene rings is 2. The van der Waals surface area contributed by atoms with E-state index in [9.17, 15) is 9.59 Å². The van der Waals surface area contributed by atoms with Crippen molar-refractivity contribution >= 4 is 24.0 Å². The van der Waals surface area contributed by atoms with Gasteiger partial charge in [0.15, 0.2) is 0 Å². The first-order valence-electron chi connectivity index (χ1n) is 9.22. The number of rotatable bonds is 9. The van der Waals surface area contributed by atoms with Gasteiger partial charge in [-0.25, -0.2) is 0 Å². The van der Waals surface area contributed by atoms with Crippen molar-refractivity contribution in [3.63, 3.8) is 0 Å². The van der Waals surface area contributed by atoms with E-state index in [4.69, 9.17) is 9.47 Å². The predicted molar refractivity (Wildman–Crippen MR) is 115 cm³/mol. The standard InChI is InChI=1S/C23H26N2O4/c1-17(25-23(27)15-9-19-6-12-21(29-3)13-7-19)16-24-22(26)14-8-18-4-10-20(28-2)11-5-18/h4-15,17H,16H2,1-3H3,(H,24,26)(H,25,27). The molecule has 6 heteroatoms. The van der Waals surface area contributed by atoms with E-state index in [0.717, 1.165) is 22.6 Å². The second-order valence-electron chi connectivity index (χ2n) is 6.37. The SMILES string of the molecule is COc1ccc(C=CC(=O)NCC(C)NC(=O)C=Cc2ccc(OC)cc2)cc1. The van der Waals surface area contributed by atoms with Crippen LogP contribution in [0.4, 0.5) is 0 Å². The molecule has 2 rings (SSSR count). The molecular formula is C23H26N2O4. The molecule has 152 valence electrons. The van der Waals surface area contributed by atoms with Crippen LogP contribution in [-0.4, -0.2) is 38.6 Å². The Morgan fingerprint density at radius 1 is 0.828 bits per heavy atom. The van der Waals surface area contributed by atoms with Crippen molar-refractivity contribution in [1.82, 2.24) is 10.6 Å². The van der Waals surface area contributed by atoms with Crippen molar-refractivity contribution in [3.05, 3.63) is 71.8 Å². The molecule has 6 nitrogen and oxygen atoms in total. The van der Waals surface area contributed by atoms with E-state index in [0.29, 0.717) is 6.54 Å². The lowest BCUT2D eigenvalue weighted by atomic mass is 10.2. The lowest BCUT2D eigenvalue weighted by Crippen LogP contribution is -2.40. The minimum atomic E-state index is -0.226. The van der Waals surface area contributed by atoms with Gasteiger partial charge in [0, 0.05) is 24.7 Å². The number of carbonyl (C=O) groups is 2. The molecule has 0 aromatic heterocycles. The maximum atomic E-state index is 12.0. The van der Waals surface area contributed by atoms with Crippen molar-refractivity contribution in [2.75, 3.05) is 20.8 Å². The minimum absolute atomic E-state index is 0.207. The van der Waals surface area contributed by atoms with E-state index < -0.39 is 0 Å². The van der Waals surface area contributed by atoms with Crippen LogP contribution in [0.5, 0.6) is 11.5 Å². The molecule has 0 heterocycles. The molecule has 29 heavy (non-hydrogen) atoms. The highest BCUT2D eigenvalue weighted by Gasteiger charge is 2.06. The summed E-state index contributed by atoms with van der Waals surface area (Å²) in [6, 6.07) is 14.6. The first kappa shape index (κ1) is 21.8. The highest BCUT2D eigenvalue weighted by molar-refractivity contribution is 5.93. The fourth-order valence-electron chi connectivity index (χ4n) is 2.43. The topological polar surface area (TPSA) is 76.7 Å². The molecule has 0 saturated heterocycles. The fraction of sp³-hybridized carbons (Fsp3) is 0.217. The first-order chi connectivity index (χ1) is 14.0. The highest BCUT2D eigenvalue weighted by Crippen LogP contribution is 2.13. The normalized spacial score (nSPS) is 12.0. The summed E-state index contributed by atoms with van der Waals surface area (Å²) < 4.78 is 10.2. The van der Waals surface area contributed by atoms with Gasteiger partial charge in [0.25, 0.3) is 0 Å². The number of methoxy groups -OCH3 is 2. The van der Waals surface area contributed by atoms with Crippen molar-refractivity contribution in [2.45, 2.75) is 13.0 Å². The lowest BCUT2D eigenvalue weighted by Gasteiger charge is -2.12. The molecule has 0 saturated carbocycles. The second kappa shape index (κ2) is 11.3. The molecule has 2 N–H and O–H groups in total. The molecule has 0 aliphatic heterocycles. The maximum Gasteiger partial charge on any atom is 0.244 e. The third kappa shape index (κ3) is 7.92. The Labute approximate surface area is 171 Å². The van der Waals surface area contributed by atoms with Gasteiger partial charge in [0.2, 0.25) is 11.8 Å². The Kier molecular flexibility index (Phi) is 8.51. The summed E-state index contributed by atoms with van der Waals surface area (Å²) >= 11 is 0. The van der Waals surface area contributed by atoms with E-state index in [-0.39, 0.29) is 17.9 Å². The molecule has 2 amide bonds. The zero-order valence-corrected chi connectivity index (χ0v) is 16.8. The van der Waals surface area contributed by atoms with E-state index >= 15 is 0 Å². The van der Waals surface area contributed by atoms with Gasteiger partial charge in [0.05, 0.1) is 14.2 Å². The maximum absolute atomic E-state index is 12.0. The molecule has 1 atom stereocenters. The van der Waals surface area contributed by atoms with E-state index in [1.54, 1.807) is 26.4 Å². The van der Waals surface area contributed by atoms with Crippen molar-refractivity contribution < 1.29 is 19.1 Å². The Morgan fingerprint density at radius 3 is 1.72 bits per heavy atom. The summed E-state index contributed by atoms with van der Waals surface area (Å²) in [4.78, 5) is 23.9. The van der Waals surface area contributed by atoms with Gasteiger partial charge >= 0.3 is 0 Å². The molecule has 0 radical (unpaired) electrons. The average molecular weight is 394 g/mol. The zero-order valence-electron chi connectivity index (χ0n) is 16.8. The van der Waals surface area contributed by atoms with Crippen LogP contribution in [0.25, 0.3) is 12.2 Å². The molecule has 1 unspecified atom stereocenters. The van der Waals surface area contributed by atoms with Gasteiger partial charge < -0.3 is 20.1 Å². The van der Waals surface area contributed by atoms with Gasteiger partial charge in [-0.2, -0.15) is 0 Å². The summed E-state index contributed by atoms with van der Waals surface area (Å²) in [5.74, 6) is 1.07. The van der Waals surface area contributed by atoms with Gasteiger partial charge in [-0.15, -0.1) is 0 Å². The summed E-state index contributed by atoms with van der Waals surface area (Å²) in [6.45, 7) is 2.15. The van der Waals surface area contributed by atoms with Crippen LogP contribution in [0, 0.1) is 0 Å². The van der Waals surface area contributed by atoms with Gasteiger partial charge in [-0.1, -0.05) is 24.3 Å². The quantitative estimate of drug-likeness (QED) is 0.641. The van der Waals surface area contributed by atoms with Crippen LogP contribution < -0.4 is 20.1 Å². The molecule has 2 aromatic carbocycles. The van der Waals surface area contributed by atoms with Crippen molar-refractivity contribution in [1.29, 1.82) is 0 Å². The van der Waals surface area contributed by atoms with Gasteiger partial charge in [-0.3, -0.25) is 9.59 Å². The van der Waals surface area contributed by atoms with Crippen LogP contribution in [0.2, 0.25) is 0 Å². The van der Waals surface area contributed by atoms with Crippen LogP contribution in [0.3, 0.4) is 0 Å². The third-order valence-electron chi connectivity index (χ3n) is 4.06. The van der Waals surface area contributed by atoms with Crippen molar-refractivity contribution in [3.8, 4) is 11.5 Å². The monoisotopic (exact) mass is 394 g/mol. The number of nitrogens with one attached hydrogen (secondary N) is 2.